The van der Waals surface area contributed by atoms with Crippen LogP contribution in [0, 0.1) is 5.92 Å². The molecule has 100 valence electrons. The van der Waals surface area contributed by atoms with Crippen molar-refractivity contribution in [2.45, 2.75) is 38.2 Å². The van der Waals surface area contributed by atoms with E-state index in [1.165, 1.54) is 6.42 Å². The fourth-order valence-electron chi connectivity index (χ4n) is 2.58. The first-order valence-corrected chi connectivity index (χ1v) is 6.45. The van der Waals surface area contributed by atoms with Crippen molar-refractivity contribution in [3.8, 4) is 5.88 Å². The Kier molecular flexibility index (Phi) is 4.01. The lowest BCUT2D eigenvalue weighted by Gasteiger charge is -2.35. The molecule has 1 aromatic rings. The highest BCUT2D eigenvalue weighted by Gasteiger charge is 2.32. The van der Waals surface area contributed by atoms with Crippen LogP contribution in [-0.2, 0) is 0 Å². The molecule has 5 nitrogen and oxygen atoms in total. The van der Waals surface area contributed by atoms with Crippen LogP contribution in [0.5, 0.6) is 5.88 Å². The van der Waals surface area contributed by atoms with Gasteiger partial charge >= 0.3 is 0 Å². The lowest BCUT2D eigenvalue weighted by molar-refractivity contribution is -0.000906. The Morgan fingerprint density at radius 3 is 3.17 bits per heavy atom. The highest BCUT2D eigenvalue weighted by Crippen LogP contribution is 2.32. The maximum atomic E-state index is 10.5. The van der Waals surface area contributed by atoms with E-state index in [9.17, 15) is 5.11 Å². The number of ether oxygens (including phenoxy) is 1. The standard InChI is InChI=1S/C13H21N3O2/c1-10-4-3-6-13(17,8-10)9-15-12-14-7-5-11(16-12)18-2/h5,7,10,17H,3-4,6,8-9H2,1-2H3,(H,14,15,16). The summed E-state index contributed by atoms with van der Waals surface area (Å²) in [6.07, 6.45) is 5.61. The fraction of sp³-hybridized carbons (Fsp3) is 0.692. The monoisotopic (exact) mass is 251 g/mol. The first-order valence-electron chi connectivity index (χ1n) is 6.45. The normalized spacial score (nSPS) is 27.8. The Bertz CT molecular complexity index is 400. The molecule has 0 bridgehead atoms. The molecule has 0 radical (unpaired) electrons. The van der Waals surface area contributed by atoms with E-state index in [0.717, 1.165) is 19.3 Å². The summed E-state index contributed by atoms with van der Waals surface area (Å²) >= 11 is 0. The molecule has 1 aliphatic rings. The number of nitrogens with one attached hydrogen (secondary N) is 1. The Morgan fingerprint density at radius 2 is 2.44 bits per heavy atom. The number of aliphatic hydroxyl groups is 1. The van der Waals surface area contributed by atoms with Crippen LogP contribution in [0.2, 0.25) is 0 Å². The van der Waals surface area contributed by atoms with E-state index < -0.39 is 5.60 Å². The number of hydrogen-bond acceptors (Lipinski definition) is 5. The van der Waals surface area contributed by atoms with Crippen LogP contribution in [0.4, 0.5) is 5.95 Å². The Morgan fingerprint density at radius 1 is 1.61 bits per heavy atom. The molecule has 18 heavy (non-hydrogen) atoms. The molecule has 2 unspecified atom stereocenters. The van der Waals surface area contributed by atoms with Crippen molar-refractivity contribution in [1.29, 1.82) is 0 Å². The smallest absolute Gasteiger partial charge is 0.226 e. The van der Waals surface area contributed by atoms with E-state index in [2.05, 4.69) is 22.2 Å². The van der Waals surface area contributed by atoms with Crippen LogP contribution in [0.3, 0.4) is 0 Å². The van der Waals surface area contributed by atoms with Crippen molar-refractivity contribution < 1.29 is 9.84 Å². The molecule has 0 aliphatic heterocycles. The summed E-state index contributed by atoms with van der Waals surface area (Å²) in [6, 6.07) is 1.70. The first-order chi connectivity index (χ1) is 8.61. The molecule has 2 atom stereocenters. The van der Waals surface area contributed by atoms with Gasteiger partial charge in [-0.05, 0) is 18.8 Å². The maximum absolute atomic E-state index is 10.5. The molecule has 1 heterocycles. The summed E-state index contributed by atoms with van der Waals surface area (Å²) in [5.74, 6) is 1.61. The van der Waals surface area contributed by atoms with E-state index in [4.69, 9.17) is 4.74 Å². The SMILES string of the molecule is COc1ccnc(NCC2(O)CCCC(C)C2)n1. The fourth-order valence-corrected chi connectivity index (χ4v) is 2.58. The summed E-state index contributed by atoms with van der Waals surface area (Å²) in [5, 5.41) is 13.6. The van der Waals surface area contributed by atoms with Gasteiger partial charge in [-0.2, -0.15) is 4.98 Å². The average molecular weight is 251 g/mol. The van der Waals surface area contributed by atoms with Gasteiger partial charge in [0.25, 0.3) is 0 Å². The minimum atomic E-state index is -0.635. The summed E-state index contributed by atoms with van der Waals surface area (Å²) < 4.78 is 5.04. The zero-order valence-electron chi connectivity index (χ0n) is 11.0. The molecule has 0 saturated heterocycles. The number of methoxy groups -OCH3 is 1. The van der Waals surface area contributed by atoms with E-state index in [1.54, 1.807) is 19.4 Å². The molecule has 2 N–H and O–H groups in total. The van der Waals surface area contributed by atoms with Crippen molar-refractivity contribution in [3.63, 3.8) is 0 Å². The van der Waals surface area contributed by atoms with Crippen LogP contribution in [0.25, 0.3) is 0 Å². The van der Waals surface area contributed by atoms with Crippen molar-refractivity contribution in [2.24, 2.45) is 5.92 Å². The Balaban J connectivity index is 1.93. The van der Waals surface area contributed by atoms with E-state index in [0.29, 0.717) is 24.3 Å². The van der Waals surface area contributed by atoms with Crippen LogP contribution >= 0.6 is 0 Å². The number of hydrogen-bond donors (Lipinski definition) is 2. The van der Waals surface area contributed by atoms with Gasteiger partial charge in [-0.25, -0.2) is 4.98 Å². The quantitative estimate of drug-likeness (QED) is 0.854. The van der Waals surface area contributed by atoms with Crippen LogP contribution in [0.1, 0.15) is 32.6 Å². The predicted molar refractivity (Wildman–Crippen MR) is 69.7 cm³/mol. The lowest BCUT2D eigenvalue weighted by atomic mass is 9.79. The summed E-state index contributed by atoms with van der Waals surface area (Å²) in [4.78, 5) is 8.28. The van der Waals surface area contributed by atoms with E-state index >= 15 is 0 Å². The third-order valence-electron chi connectivity index (χ3n) is 3.48. The van der Waals surface area contributed by atoms with Crippen molar-refractivity contribution in [2.75, 3.05) is 19.0 Å². The second kappa shape index (κ2) is 5.52. The van der Waals surface area contributed by atoms with Gasteiger partial charge in [-0.15, -0.1) is 0 Å². The van der Waals surface area contributed by atoms with Crippen LogP contribution in [0.15, 0.2) is 12.3 Å². The maximum Gasteiger partial charge on any atom is 0.226 e. The molecule has 0 spiro atoms. The zero-order chi connectivity index (χ0) is 13.0. The molecule has 2 rings (SSSR count). The first kappa shape index (κ1) is 13.1. The predicted octanol–water partition coefficient (Wildman–Crippen LogP) is 1.84. The molecule has 1 fully saturated rings. The second-order valence-corrected chi connectivity index (χ2v) is 5.20. The van der Waals surface area contributed by atoms with Gasteiger partial charge in [0.2, 0.25) is 11.8 Å². The third kappa shape index (κ3) is 3.32. The van der Waals surface area contributed by atoms with Crippen molar-refractivity contribution in [1.82, 2.24) is 9.97 Å². The minimum absolute atomic E-state index is 0.491. The van der Waals surface area contributed by atoms with Gasteiger partial charge in [0, 0.05) is 18.8 Å². The number of rotatable bonds is 4. The zero-order valence-corrected chi connectivity index (χ0v) is 11.0. The van der Waals surface area contributed by atoms with Gasteiger partial charge in [0.15, 0.2) is 0 Å². The number of aromatic nitrogens is 2. The molecule has 1 aromatic heterocycles. The second-order valence-electron chi connectivity index (χ2n) is 5.20. The average Bonchev–Trinajstić information content (AvgIpc) is 2.37. The van der Waals surface area contributed by atoms with E-state index in [-0.39, 0.29) is 0 Å². The largest absolute Gasteiger partial charge is 0.481 e. The van der Waals surface area contributed by atoms with Gasteiger partial charge in [-0.1, -0.05) is 19.8 Å². The van der Waals surface area contributed by atoms with Gasteiger partial charge in [-0.3, -0.25) is 0 Å². The Hall–Kier alpha value is -1.36. The third-order valence-corrected chi connectivity index (χ3v) is 3.48. The van der Waals surface area contributed by atoms with Crippen molar-refractivity contribution in [3.05, 3.63) is 12.3 Å². The summed E-state index contributed by atoms with van der Waals surface area (Å²) in [6.45, 7) is 2.68. The van der Waals surface area contributed by atoms with Gasteiger partial charge < -0.3 is 15.2 Å². The van der Waals surface area contributed by atoms with Crippen molar-refractivity contribution >= 4 is 5.95 Å². The minimum Gasteiger partial charge on any atom is -0.481 e. The van der Waals surface area contributed by atoms with Crippen LogP contribution < -0.4 is 10.1 Å². The molecule has 5 heteroatoms. The molecular weight excluding hydrogens is 230 g/mol. The number of nitrogens with zero attached hydrogens (tertiary/aromatic N) is 2. The topological polar surface area (TPSA) is 67.3 Å². The van der Waals surface area contributed by atoms with Crippen LogP contribution in [-0.4, -0.2) is 34.3 Å². The summed E-state index contributed by atoms with van der Waals surface area (Å²) in [5.41, 5.74) is -0.635. The highest BCUT2D eigenvalue weighted by atomic mass is 16.5. The van der Waals surface area contributed by atoms with Gasteiger partial charge in [0.05, 0.1) is 12.7 Å². The number of anilines is 1. The molecule has 0 amide bonds. The highest BCUT2D eigenvalue weighted by molar-refractivity contribution is 5.28. The lowest BCUT2D eigenvalue weighted by Crippen LogP contribution is -2.41. The molecule has 1 saturated carbocycles. The van der Waals surface area contributed by atoms with E-state index in [1.807, 2.05) is 0 Å². The Labute approximate surface area is 108 Å². The molecule has 0 aromatic carbocycles. The molecular formula is C13H21N3O2. The summed E-state index contributed by atoms with van der Waals surface area (Å²) in [7, 11) is 1.57. The van der Waals surface area contributed by atoms with Gasteiger partial charge in [0.1, 0.15) is 0 Å². The molecule has 1 aliphatic carbocycles.